The van der Waals surface area contributed by atoms with Gasteiger partial charge >= 0.3 is 17.9 Å². The average Bonchev–Trinajstić information content (AvgIpc) is 3.38. The van der Waals surface area contributed by atoms with Crippen LogP contribution in [0.5, 0.6) is 0 Å². The summed E-state index contributed by atoms with van der Waals surface area (Å²) in [5.41, 5.74) is 2.75. The lowest BCUT2D eigenvalue weighted by Gasteiger charge is -2.55. The molecule has 5 saturated carbocycles. The summed E-state index contributed by atoms with van der Waals surface area (Å²) >= 11 is 0. The summed E-state index contributed by atoms with van der Waals surface area (Å²) in [6.07, 6.45) is 4.28. The molecule has 0 radical (unpaired) electrons. The van der Waals surface area contributed by atoms with E-state index in [1.165, 1.54) is 25.3 Å². The lowest BCUT2D eigenvalue weighted by atomic mass is 9.49. The van der Waals surface area contributed by atoms with Crippen molar-refractivity contribution in [2.75, 3.05) is 6.79 Å². The molecule has 5 fully saturated rings. The van der Waals surface area contributed by atoms with Crippen molar-refractivity contribution < 1.29 is 46.9 Å². The molecule has 0 aromatic heterocycles. The van der Waals surface area contributed by atoms with Gasteiger partial charge in [-0.2, -0.15) is 0 Å². The molecule has 4 unspecified atom stereocenters. The molecule has 1 aromatic rings. The highest BCUT2D eigenvalue weighted by atomic mass is 19.2. The number of rotatable bonds is 11. The van der Waals surface area contributed by atoms with Crippen LogP contribution in [-0.2, 0) is 35.2 Å². The van der Waals surface area contributed by atoms with Gasteiger partial charge in [-0.15, -0.1) is 0 Å². The summed E-state index contributed by atoms with van der Waals surface area (Å²) < 4.78 is 57.5. The topological polar surface area (TPSA) is 125 Å². The second kappa shape index (κ2) is 10.1. The molecule has 0 saturated heterocycles. The van der Waals surface area contributed by atoms with Crippen LogP contribution in [0, 0.1) is 40.7 Å². The third-order valence-electron chi connectivity index (χ3n) is 8.94. The number of carboxylic acid groups (broad SMARTS) is 1. The number of benzene rings is 1. The van der Waals surface area contributed by atoms with Gasteiger partial charge in [0.1, 0.15) is 0 Å². The van der Waals surface area contributed by atoms with Gasteiger partial charge in [0.25, 0.3) is 0 Å². The predicted molar refractivity (Wildman–Crippen MR) is 125 cm³/mol. The first kappa shape index (κ1) is 26.9. The fourth-order valence-electron chi connectivity index (χ4n) is 7.32. The monoisotopic (exact) mass is 539 g/mol. The molecule has 0 aliphatic heterocycles. The van der Waals surface area contributed by atoms with E-state index in [4.69, 9.17) is 25.1 Å². The van der Waals surface area contributed by atoms with Crippen LogP contribution in [-0.4, -0.2) is 47.6 Å². The zero-order valence-electron chi connectivity index (χ0n) is 20.9. The molecule has 0 heterocycles. The first-order valence-corrected chi connectivity index (χ1v) is 13.1. The highest BCUT2D eigenvalue weighted by Crippen LogP contribution is 2.60. The summed E-state index contributed by atoms with van der Waals surface area (Å²) in [7, 11) is 0. The second-order valence-electron chi connectivity index (χ2n) is 11.6. The summed E-state index contributed by atoms with van der Waals surface area (Å²) in [4.78, 5) is 36.7. The number of ether oxygens (including phenoxy) is 3. The first-order chi connectivity index (χ1) is 18.0. The maximum Gasteiger partial charge on any atom is 0.343 e. The van der Waals surface area contributed by atoms with Crippen molar-refractivity contribution in [3.8, 4) is 0 Å². The molecule has 4 bridgehead atoms. The molecule has 5 aliphatic carbocycles. The van der Waals surface area contributed by atoms with Gasteiger partial charge < -0.3 is 25.1 Å². The maximum atomic E-state index is 14.6. The van der Waals surface area contributed by atoms with Gasteiger partial charge in [-0.25, -0.2) is 18.0 Å². The third-order valence-corrected chi connectivity index (χ3v) is 8.94. The summed E-state index contributed by atoms with van der Waals surface area (Å²) in [6.45, 7) is -0.815. The molecule has 0 amide bonds. The van der Waals surface area contributed by atoms with E-state index in [-0.39, 0.29) is 24.6 Å². The maximum absolute atomic E-state index is 14.6. The third kappa shape index (κ3) is 5.14. The Bertz CT molecular complexity index is 1080. The predicted octanol–water partition coefficient (Wildman–Crippen LogP) is 3.64. The van der Waals surface area contributed by atoms with E-state index in [0.717, 1.165) is 31.4 Å². The van der Waals surface area contributed by atoms with Crippen molar-refractivity contribution in [2.24, 2.45) is 34.8 Å². The minimum atomic E-state index is -2.64. The molecular weight excluding hydrogens is 507 g/mol. The van der Waals surface area contributed by atoms with Crippen molar-refractivity contribution >= 4 is 17.9 Å². The average molecular weight is 540 g/mol. The Kier molecular flexibility index (Phi) is 7.19. The molecule has 0 spiro atoms. The number of carbonyl (C=O) groups excluding carboxylic acids is 2. The lowest BCUT2D eigenvalue weighted by molar-refractivity contribution is -0.187. The minimum absolute atomic E-state index is 0.212. The number of carboxylic acids is 1. The van der Waals surface area contributed by atoms with Gasteiger partial charge in [0, 0.05) is 5.92 Å². The van der Waals surface area contributed by atoms with Gasteiger partial charge in [0.2, 0.25) is 12.5 Å². The summed E-state index contributed by atoms with van der Waals surface area (Å²) in [5.74, 6) is -4.42. The largest absolute Gasteiger partial charge is 0.479 e. The molecule has 38 heavy (non-hydrogen) atoms. The van der Waals surface area contributed by atoms with E-state index < -0.39 is 65.9 Å². The van der Waals surface area contributed by atoms with Crippen LogP contribution in [0.25, 0.3) is 0 Å². The van der Waals surface area contributed by atoms with Crippen LogP contribution in [0.1, 0.15) is 56.9 Å². The van der Waals surface area contributed by atoms with E-state index in [0.29, 0.717) is 17.8 Å². The number of alkyl halides is 1. The number of halogens is 3. The van der Waals surface area contributed by atoms with E-state index in [2.05, 4.69) is 0 Å². The number of esters is 2. The number of hydrogen-bond donors (Lipinski definition) is 2. The molecule has 3 N–H and O–H groups in total. The summed E-state index contributed by atoms with van der Waals surface area (Å²) in [6, 6.07) is 1.86. The van der Waals surface area contributed by atoms with Crippen molar-refractivity contribution in [1.29, 1.82) is 0 Å². The Balaban J connectivity index is 1.15. The van der Waals surface area contributed by atoms with E-state index in [9.17, 15) is 27.6 Å². The standard InChI is InChI=1S/C27H32F3NO7/c28-20-2-1-14(6-21(20)29)12-36-18(7-19-23(31)27(19,30)24(33)34)8-22(32)37-13-38-25(35)26-9-15-3-16(10-26)5-17(4-15)11-26/h1-2,6,15-19,23H,3-5,7-13,31H2,(H,33,34). The molecule has 8 nitrogen and oxygen atoms in total. The SMILES string of the molecule is NC1C(CC(CC(=O)OCOC(=O)C23CC4CC(CC(C4)C2)C3)OCc2ccc(F)c(F)c2)C1(F)C(=O)O. The number of hydrogen-bond acceptors (Lipinski definition) is 7. The smallest absolute Gasteiger partial charge is 0.343 e. The van der Waals surface area contributed by atoms with E-state index in [1.807, 2.05) is 0 Å². The second-order valence-corrected chi connectivity index (χ2v) is 11.6. The molecule has 5 aliphatic rings. The zero-order valence-corrected chi connectivity index (χ0v) is 20.9. The molecule has 11 heteroatoms. The number of nitrogens with two attached hydrogens (primary N) is 1. The van der Waals surface area contributed by atoms with E-state index in [1.54, 1.807) is 0 Å². The fraction of sp³-hybridized carbons (Fsp3) is 0.667. The Morgan fingerprint density at radius 3 is 2.21 bits per heavy atom. The molecule has 6 rings (SSSR count). The Labute approximate surface area is 218 Å². The quantitative estimate of drug-likeness (QED) is 0.323. The van der Waals surface area contributed by atoms with Crippen molar-refractivity contribution in [3.63, 3.8) is 0 Å². The normalized spacial score (nSPS) is 35.5. The van der Waals surface area contributed by atoms with Crippen LogP contribution in [0.2, 0.25) is 0 Å². The van der Waals surface area contributed by atoms with Crippen molar-refractivity contribution in [2.45, 2.75) is 75.8 Å². The van der Waals surface area contributed by atoms with Crippen molar-refractivity contribution in [3.05, 3.63) is 35.4 Å². The Hall–Kier alpha value is -2.66. The zero-order chi connectivity index (χ0) is 27.2. The molecule has 4 atom stereocenters. The molecule has 1 aromatic carbocycles. The van der Waals surface area contributed by atoms with Crippen LogP contribution < -0.4 is 5.73 Å². The first-order valence-electron chi connectivity index (χ1n) is 13.1. The van der Waals surface area contributed by atoms with Crippen LogP contribution in [0.3, 0.4) is 0 Å². The number of aliphatic carboxylic acids is 1. The van der Waals surface area contributed by atoms with Crippen molar-refractivity contribution in [1.82, 2.24) is 0 Å². The van der Waals surface area contributed by atoms with Gasteiger partial charge in [0.05, 0.1) is 30.6 Å². The van der Waals surface area contributed by atoms with Gasteiger partial charge in [-0.1, -0.05) is 6.07 Å². The summed E-state index contributed by atoms with van der Waals surface area (Å²) in [5, 5.41) is 9.16. The Morgan fingerprint density at radius 2 is 1.66 bits per heavy atom. The molecular formula is C27H32F3NO7. The van der Waals surface area contributed by atoms with Gasteiger partial charge in [-0.3, -0.25) is 9.59 Å². The fourth-order valence-corrected chi connectivity index (χ4v) is 7.32. The van der Waals surface area contributed by atoms with Crippen LogP contribution in [0.4, 0.5) is 13.2 Å². The Morgan fingerprint density at radius 1 is 1.03 bits per heavy atom. The molecule has 208 valence electrons. The van der Waals surface area contributed by atoms with Gasteiger partial charge in [0.15, 0.2) is 11.6 Å². The van der Waals surface area contributed by atoms with E-state index >= 15 is 0 Å². The lowest BCUT2D eigenvalue weighted by Crippen LogP contribution is -2.50. The highest BCUT2D eigenvalue weighted by molar-refractivity contribution is 5.84. The number of carbonyl (C=O) groups is 3. The van der Waals surface area contributed by atoms with Crippen LogP contribution in [0.15, 0.2) is 18.2 Å². The minimum Gasteiger partial charge on any atom is -0.479 e. The van der Waals surface area contributed by atoms with Crippen LogP contribution >= 0.6 is 0 Å². The highest BCUT2D eigenvalue weighted by Gasteiger charge is 2.70. The van der Waals surface area contributed by atoms with Gasteiger partial charge in [-0.05, 0) is 80.4 Å².